The van der Waals surface area contributed by atoms with Gasteiger partial charge in [0.2, 0.25) is 0 Å². The van der Waals surface area contributed by atoms with Gasteiger partial charge < -0.3 is 5.11 Å². The number of aliphatic hydroxyl groups excluding tert-OH is 1. The van der Waals surface area contributed by atoms with E-state index in [0.29, 0.717) is 12.2 Å². The lowest BCUT2D eigenvalue weighted by Gasteiger charge is -2.08. The lowest BCUT2D eigenvalue weighted by Crippen LogP contribution is -2.09. The van der Waals surface area contributed by atoms with Crippen LogP contribution in [0.5, 0.6) is 0 Å². The van der Waals surface area contributed by atoms with Gasteiger partial charge in [-0.25, -0.2) is 4.98 Å². The fourth-order valence-electron chi connectivity index (χ4n) is 1.03. The Morgan fingerprint density at radius 3 is 2.65 bits per heavy atom. The van der Waals surface area contributed by atoms with Crippen molar-refractivity contribution < 1.29 is 18.3 Å². The molecule has 92 valence electrons. The van der Waals surface area contributed by atoms with Crippen molar-refractivity contribution in [2.75, 3.05) is 12.4 Å². The molecule has 1 aromatic heterocycles. The fourth-order valence-corrected chi connectivity index (χ4v) is 1.93. The Balaban J connectivity index is 2.96. The molecule has 0 spiro atoms. The van der Waals surface area contributed by atoms with Crippen LogP contribution in [-0.2, 0) is 6.18 Å². The van der Waals surface area contributed by atoms with Crippen LogP contribution in [0.1, 0.15) is 17.7 Å². The molecule has 0 aromatic carbocycles. The molecule has 3 nitrogen and oxygen atoms in total. The second kappa shape index (κ2) is 5.89. The number of pyridine rings is 1. The van der Waals surface area contributed by atoms with E-state index in [0.717, 1.165) is 23.9 Å². The van der Waals surface area contributed by atoms with Crippen molar-refractivity contribution in [1.29, 1.82) is 5.26 Å². The van der Waals surface area contributed by atoms with Crippen LogP contribution in [0.3, 0.4) is 0 Å². The van der Waals surface area contributed by atoms with Gasteiger partial charge in [0.05, 0.1) is 5.56 Å². The minimum Gasteiger partial charge on any atom is -0.396 e. The minimum absolute atomic E-state index is 0.0478. The first-order valence-electron chi connectivity index (χ1n) is 4.71. The highest BCUT2D eigenvalue weighted by molar-refractivity contribution is 7.99. The van der Waals surface area contributed by atoms with Gasteiger partial charge in [-0.3, -0.25) is 0 Å². The van der Waals surface area contributed by atoms with Crippen molar-refractivity contribution in [1.82, 2.24) is 4.98 Å². The van der Waals surface area contributed by atoms with E-state index >= 15 is 0 Å². The molecule has 0 aliphatic heterocycles. The van der Waals surface area contributed by atoms with Gasteiger partial charge in [-0.1, -0.05) is 0 Å². The third kappa shape index (κ3) is 3.91. The van der Waals surface area contributed by atoms with Gasteiger partial charge in [0.1, 0.15) is 16.8 Å². The van der Waals surface area contributed by atoms with Crippen molar-refractivity contribution >= 4 is 11.8 Å². The van der Waals surface area contributed by atoms with Crippen LogP contribution >= 0.6 is 11.8 Å². The third-order valence-electron chi connectivity index (χ3n) is 1.81. The van der Waals surface area contributed by atoms with Crippen LogP contribution in [0.4, 0.5) is 13.2 Å². The minimum atomic E-state index is -4.51. The molecule has 1 aromatic rings. The van der Waals surface area contributed by atoms with E-state index in [4.69, 9.17) is 10.4 Å². The van der Waals surface area contributed by atoms with Crippen LogP contribution in [0.2, 0.25) is 0 Å². The summed E-state index contributed by atoms with van der Waals surface area (Å²) >= 11 is 1.03. The molecule has 17 heavy (non-hydrogen) atoms. The van der Waals surface area contributed by atoms with Gasteiger partial charge in [0.15, 0.2) is 0 Å². The zero-order valence-corrected chi connectivity index (χ0v) is 9.48. The van der Waals surface area contributed by atoms with E-state index in [1.807, 2.05) is 0 Å². The maximum Gasteiger partial charge on any atom is 0.433 e. The zero-order chi connectivity index (χ0) is 12.9. The second-order valence-corrected chi connectivity index (χ2v) is 4.17. The number of halogens is 3. The monoisotopic (exact) mass is 262 g/mol. The summed E-state index contributed by atoms with van der Waals surface area (Å²) in [5.74, 6) is 0.416. The predicted molar refractivity (Wildman–Crippen MR) is 56.4 cm³/mol. The Hall–Kier alpha value is -1.26. The topological polar surface area (TPSA) is 56.9 Å². The molecule has 0 unspecified atom stereocenters. The van der Waals surface area contributed by atoms with Crippen LogP contribution in [0.25, 0.3) is 0 Å². The first kappa shape index (κ1) is 13.8. The molecule has 1 heterocycles. The van der Waals surface area contributed by atoms with Crippen molar-refractivity contribution in [3.8, 4) is 6.07 Å². The molecule has 0 aliphatic rings. The van der Waals surface area contributed by atoms with Crippen molar-refractivity contribution in [3.05, 3.63) is 23.4 Å². The molecule has 0 fully saturated rings. The standard InChI is InChI=1S/C10H9F3N2OS/c11-10(12,13)8-3-2-7(6-14)9(15-8)17-5-1-4-16/h2-3,16H,1,4-5H2. The van der Waals surface area contributed by atoms with Crippen molar-refractivity contribution in [2.45, 2.75) is 17.6 Å². The Labute approximate surface area is 100 Å². The zero-order valence-electron chi connectivity index (χ0n) is 8.66. The predicted octanol–water partition coefficient (Wildman–Crippen LogP) is 2.45. The smallest absolute Gasteiger partial charge is 0.396 e. The summed E-state index contributed by atoms with van der Waals surface area (Å²) in [5.41, 5.74) is -0.899. The van der Waals surface area contributed by atoms with Crippen LogP contribution < -0.4 is 0 Å². The largest absolute Gasteiger partial charge is 0.433 e. The molecule has 0 radical (unpaired) electrons. The Morgan fingerprint density at radius 1 is 1.41 bits per heavy atom. The number of nitriles is 1. The highest BCUT2D eigenvalue weighted by atomic mass is 32.2. The summed E-state index contributed by atoms with van der Waals surface area (Å²) in [7, 11) is 0. The lowest BCUT2D eigenvalue weighted by atomic mass is 10.2. The van der Waals surface area contributed by atoms with Gasteiger partial charge >= 0.3 is 6.18 Å². The summed E-state index contributed by atoms with van der Waals surface area (Å²) in [6.45, 7) is -0.0478. The average molecular weight is 262 g/mol. The number of aromatic nitrogens is 1. The summed E-state index contributed by atoms with van der Waals surface area (Å²) in [6.07, 6.45) is -4.08. The number of nitrogens with zero attached hydrogens (tertiary/aromatic N) is 2. The van der Waals surface area contributed by atoms with E-state index in [9.17, 15) is 13.2 Å². The summed E-state index contributed by atoms with van der Waals surface area (Å²) in [6, 6.07) is 3.68. The van der Waals surface area contributed by atoms with Crippen molar-refractivity contribution in [3.63, 3.8) is 0 Å². The molecule has 1 rings (SSSR count). The Kier molecular flexibility index (Phi) is 4.78. The SMILES string of the molecule is N#Cc1ccc(C(F)(F)F)nc1SCCCO. The van der Waals surface area contributed by atoms with E-state index in [-0.39, 0.29) is 17.2 Å². The molecule has 0 saturated heterocycles. The average Bonchev–Trinajstić information content (AvgIpc) is 2.28. The fraction of sp³-hybridized carbons (Fsp3) is 0.400. The molecule has 7 heteroatoms. The molecule has 0 bridgehead atoms. The Morgan fingerprint density at radius 2 is 2.12 bits per heavy atom. The number of hydrogen-bond donors (Lipinski definition) is 1. The number of rotatable bonds is 4. The number of hydrogen-bond acceptors (Lipinski definition) is 4. The van der Waals surface area contributed by atoms with Gasteiger partial charge in [-0.15, -0.1) is 11.8 Å². The van der Waals surface area contributed by atoms with Crippen LogP contribution in [0, 0.1) is 11.3 Å². The number of alkyl halides is 3. The van der Waals surface area contributed by atoms with Gasteiger partial charge in [0.25, 0.3) is 0 Å². The third-order valence-corrected chi connectivity index (χ3v) is 2.89. The lowest BCUT2D eigenvalue weighted by molar-refractivity contribution is -0.141. The normalized spacial score (nSPS) is 11.2. The van der Waals surface area contributed by atoms with E-state index < -0.39 is 11.9 Å². The van der Waals surface area contributed by atoms with Crippen molar-refractivity contribution in [2.24, 2.45) is 0 Å². The maximum absolute atomic E-state index is 12.4. The molecular formula is C10H9F3N2OS. The molecule has 0 amide bonds. The molecular weight excluding hydrogens is 253 g/mol. The van der Waals surface area contributed by atoms with Gasteiger partial charge in [-0.2, -0.15) is 18.4 Å². The first-order valence-corrected chi connectivity index (χ1v) is 5.69. The second-order valence-electron chi connectivity index (χ2n) is 3.08. The van der Waals surface area contributed by atoms with Gasteiger partial charge in [0, 0.05) is 12.4 Å². The highest BCUT2D eigenvalue weighted by Crippen LogP contribution is 2.30. The summed E-state index contributed by atoms with van der Waals surface area (Å²) in [4.78, 5) is 3.42. The van der Waals surface area contributed by atoms with Crippen LogP contribution in [0.15, 0.2) is 17.2 Å². The Bertz CT molecular complexity index is 429. The summed E-state index contributed by atoms with van der Waals surface area (Å²) < 4.78 is 37.2. The molecule has 0 atom stereocenters. The van der Waals surface area contributed by atoms with E-state index in [1.54, 1.807) is 6.07 Å². The van der Waals surface area contributed by atoms with Crippen LogP contribution in [-0.4, -0.2) is 22.5 Å². The molecule has 0 aliphatic carbocycles. The number of thioether (sulfide) groups is 1. The molecule has 0 saturated carbocycles. The van der Waals surface area contributed by atoms with Gasteiger partial charge in [-0.05, 0) is 18.6 Å². The first-order chi connectivity index (χ1) is 7.99. The maximum atomic E-state index is 12.4. The summed E-state index contributed by atoms with van der Waals surface area (Å²) in [5, 5.41) is 17.4. The van der Waals surface area contributed by atoms with E-state index in [1.165, 1.54) is 0 Å². The highest BCUT2D eigenvalue weighted by Gasteiger charge is 2.33. The quantitative estimate of drug-likeness (QED) is 0.669. The number of aliphatic hydroxyl groups is 1. The molecule has 1 N–H and O–H groups in total. The van der Waals surface area contributed by atoms with E-state index in [2.05, 4.69) is 4.98 Å².